The van der Waals surface area contributed by atoms with Crippen LogP contribution in [0, 0.1) is 0 Å². The molecule has 2 heterocycles. The minimum Gasteiger partial charge on any atom is -0.492 e. The monoisotopic (exact) mass is 302 g/mol. The highest BCUT2D eigenvalue weighted by Gasteiger charge is 2.14. The van der Waals surface area contributed by atoms with E-state index in [1.54, 1.807) is 31.3 Å². The lowest BCUT2D eigenvalue weighted by atomic mass is 10.1. The van der Waals surface area contributed by atoms with Crippen molar-refractivity contribution in [2.24, 2.45) is 4.99 Å². The van der Waals surface area contributed by atoms with E-state index < -0.39 is 0 Å². The van der Waals surface area contributed by atoms with Crippen LogP contribution in [0.1, 0.15) is 5.56 Å². The van der Waals surface area contributed by atoms with Gasteiger partial charge in [0.05, 0.1) is 11.3 Å². The van der Waals surface area contributed by atoms with E-state index in [1.807, 2.05) is 0 Å². The van der Waals surface area contributed by atoms with Crippen LogP contribution in [0.2, 0.25) is 5.02 Å². The van der Waals surface area contributed by atoms with Gasteiger partial charge in [0.25, 0.3) is 5.56 Å². The smallest absolute Gasteiger partial charge is 0.275 e. The number of hydrogen-bond donors (Lipinski definition) is 2. The molecule has 3 aromatic rings. The zero-order chi connectivity index (χ0) is 15.0. The van der Waals surface area contributed by atoms with Crippen molar-refractivity contribution in [2.75, 3.05) is 7.05 Å². The summed E-state index contributed by atoms with van der Waals surface area (Å²) in [4.78, 5) is 19.0. The quantitative estimate of drug-likeness (QED) is 0.711. The minimum atomic E-state index is -0.347. The van der Waals surface area contributed by atoms with Crippen molar-refractivity contribution in [2.45, 2.75) is 0 Å². The number of fused-ring (bicyclic) bond motifs is 1. The van der Waals surface area contributed by atoms with Gasteiger partial charge in [0.15, 0.2) is 5.65 Å². The molecule has 7 heteroatoms. The Morgan fingerprint density at radius 3 is 2.76 bits per heavy atom. The normalized spacial score (nSPS) is 11.5. The maximum Gasteiger partial charge on any atom is 0.275 e. The van der Waals surface area contributed by atoms with Gasteiger partial charge in [-0.2, -0.15) is 4.52 Å². The van der Waals surface area contributed by atoms with Crippen LogP contribution in [0.15, 0.2) is 40.1 Å². The summed E-state index contributed by atoms with van der Waals surface area (Å²) in [5.74, 6) is -0.248. The van der Waals surface area contributed by atoms with Gasteiger partial charge in [0.2, 0.25) is 5.88 Å². The zero-order valence-electron chi connectivity index (χ0n) is 11.0. The Morgan fingerprint density at radius 2 is 2.10 bits per heavy atom. The third kappa shape index (κ3) is 2.30. The molecule has 0 aliphatic heterocycles. The van der Waals surface area contributed by atoms with Crippen LogP contribution in [0.25, 0.3) is 16.9 Å². The summed E-state index contributed by atoms with van der Waals surface area (Å²) in [6.07, 6.45) is 1.44. The topological polar surface area (TPSA) is 82.8 Å². The average molecular weight is 303 g/mol. The molecule has 0 fully saturated rings. The Hall–Kier alpha value is -2.60. The highest BCUT2D eigenvalue weighted by molar-refractivity contribution is 6.30. The molecule has 0 unspecified atom stereocenters. The molecule has 0 aliphatic carbocycles. The van der Waals surface area contributed by atoms with Gasteiger partial charge in [-0.25, -0.2) is 0 Å². The fraction of sp³-hybridized carbons (Fsp3) is 0.0714. The van der Waals surface area contributed by atoms with Crippen LogP contribution in [0.5, 0.6) is 5.88 Å². The number of halogens is 1. The largest absolute Gasteiger partial charge is 0.492 e. The van der Waals surface area contributed by atoms with Crippen molar-refractivity contribution in [3.8, 4) is 17.1 Å². The maximum atomic E-state index is 12.1. The van der Waals surface area contributed by atoms with Gasteiger partial charge < -0.3 is 10.1 Å². The standard InChI is InChI=1S/C14H11ClN4O2/c1-16-7-10-13-17-11(8-2-4-9(15)5-3-8)6-12(20)19(13)18-14(10)21/h2-7,17H,1H3,(H,18,21)/b16-7+. The predicted molar refractivity (Wildman–Crippen MR) is 81.4 cm³/mol. The SMILES string of the molecule is C/N=C/c1c(O)nn2c(=O)cc(-c3ccc(Cl)cc3)[nH]c12. The van der Waals surface area contributed by atoms with Gasteiger partial charge >= 0.3 is 0 Å². The van der Waals surface area contributed by atoms with E-state index in [4.69, 9.17) is 11.6 Å². The highest BCUT2D eigenvalue weighted by Crippen LogP contribution is 2.22. The number of H-pyrrole nitrogens is 1. The number of benzene rings is 1. The molecule has 21 heavy (non-hydrogen) atoms. The lowest BCUT2D eigenvalue weighted by Crippen LogP contribution is -2.14. The fourth-order valence-electron chi connectivity index (χ4n) is 2.08. The van der Waals surface area contributed by atoms with E-state index in [9.17, 15) is 9.90 Å². The number of rotatable bonds is 2. The van der Waals surface area contributed by atoms with Gasteiger partial charge in [-0.05, 0) is 17.7 Å². The van der Waals surface area contributed by atoms with Crippen molar-refractivity contribution in [3.63, 3.8) is 0 Å². The summed E-state index contributed by atoms with van der Waals surface area (Å²) >= 11 is 5.86. The molecule has 0 saturated heterocycles. The van der Waals surface area contributed by atoms with Gasteiger partial charge in [0.1, 0.15) is 0 Å². The van der Waals surface area contributed by atoms with Crippen molar-refractivity contribution < 1.29 is 5.11 Å². The first-order valence-electron chi connectivity index (χ1n) is 6.13. The molecule has 6 nitrogen and oxygen atoms in total. The molecule has 0 spiro atoms. The molecule has 0 amide bonds. The van der Waals surface area contributed by atoms with Gasteiger partial charge in [-0.1, -0.05) is 23.7 Å². The second-order valence-corrected chi connectivity index (χ2v) is 4.85. The highest BCUT2D eigenvalue weighted by atomic mass is 35.5. The minimum absolute atomic E-state index is 0.248. The van der Waals surface area contributed by atoms with Crippen molar-refractivity contribution in [1.29, 1.82) is 0 Å². The molecule has 0 aliphatic rings. The Balaban J connectivity index is 2.29. The van der Waals surface area contributed by atoms with Crippen molar-refractivity contribution in [3.05, 3.63) is 51.3 Å². The number of aromatic hydroxyl groups is 1. The van der Waals surface area contributed by atoms with E-state index in [1.165, 1.54) is 12.3 Å². The van der Waals surface area contributed by atoms with Crippen molar-refractivity contribution >= 4 is 23.5 Å². The van der Waals surface area contributed by atoms with E-state index in [-0.39, 0.29) is 11.4 Å². The number of nitrogens with one attached hydrogen (secondary N) is 1. The number of aromatic nitrogens is 3. The Bertz CT molecular complexity index is 894. The summed E-state index contributed by atoms with van der Waals surface area (Å²) in [6.45, 7) is 0. The summed E-state index contributed by atoms with van der Waals surface area (Å²) < 4.78 is 1.10. The lowest BCUT2D eigenvalue weighted by Gasteiger charge is -2.03. The third-order valence-corrected chi connectivity index (χ3v) is 3.30. The Labute approximate surface area is 124 Å². The summed E-state index contributed by atoms with van der Waals surface area (Å²) in [5, 5.41) is 14.2. The maximum absolute atomic E-state index is 12.1. The molecule has 0 radical (unpaired) electrons. The second-order valence-electron chi connectivity index (χ2n) is 4.41. The van der Waals surface area contributed by atoms with Gasteiger partial charge in [-0.15, -0.1) is 5.10 Å². The van der Waals surface area contributed by atoms with E-state index in [0.717, 1.165) is 10.1 Å². The first-order valence-corrected chi connectivity index (χ1v) is 6.51. The van der Waals surface area contributed by atoms with E-state index in [0.29, 0.717) is 21.9 Å². The molecule has 2 N–H and O–H groups in total. The molecule has 3 rings (SSSR count). The molecule has 1 aromatic carbocycles. The lowest BCUT2D eigenvalue weighted by molar-refractivity contribution is 0.448. The first kappa shape index (κ1) is 13.4. The molecular weight excluding hydrogens is 292 g/mol. The predicted octanol–water partition coefficient (Wildman–Crippen LogP) is 2.10. The first-order chi connectivity index (χ1) is 10.1. The fourth-order valence-corrected chi connectivity index (χ4v) is 2.21. The van der Waals surface area contributed by atoms with Crippen molar-refractivity contribution in [1.82, 2.24) is 14.6 Å². The average Bonchev–Trinajstić information content (AvgIpc) is 2.78. The third-order valence-electron chi connectivity index (χ3n) is 3.05. The number of nitrogens with zero attached hydrogens (tertiary/aromatic N) is 3. The Morgan fingerprint density at radius 1 is 1.38 bits per heavy atom. The summed E-state index contributed by atoms with van der Waals surface area (Å²) in [5.41, 5.74) is 1.81. The van der Waals surface area contributed by atoms with Crippen LogP contribution in [0.3, 0.4) is 0 Å². The van der Waals surface area contributed by atoms with Crippen LogP contribution < -0.4 is 5.56 Å². The van der Waals surface area contributed by atoms with Gasteiger partial charge in [0, 0.05) is 24.4 Å². The molecule has 0 atom stereocenters. The molecule has 0 saturated carbocycles. The molecular formula is C14H11ClN4O2. The van der Waals surface area contributed by atoms with Crippen LogP contribution in [0.4, 0.5) is 0 Å². The van der Waals surface area contributed by atoms with Gasteiger partial charge in [-0.3, -0.25) is 9.79 Å². The van der Waals surface area contributed by atoms with E-state index >= 15 is 0 Å². The van der Waals surface area contributed by atoms with Crippen LogP contribution in [-0.4, -0.2) is 33.0 Å². The summed E-state index contributed by atoms with van der Waals surface area (Å²) in [6, 6.07) is 8.49. The van der Waals surface area contributed by atoms with E-state index in [2.05, 4.69) is 15.1 Å². The number of hydrogen-bond acceptors (Lipinski definition) is 4. The summed E-state index contributed by atoms with van der Waals surface area (Å²) in [7, 11) is 1.57. The number of aromatic amines is 1. The second kappa shape index (κ2) is 5.06. The number of aliphatic imine (C=N–C) groups is 1. The molecule has 2 aromatic heterocycles. The van der Waals surface area contributed by atoms with Crippen LogP contribution in [-0.2, 0) is 0 Å². The zero-order valence-corrected chi connectivity index (χ0v) is 11.8. The Kier molecular flexibility index (Phi) is 3.23. The molecule has 0 bridgehead atoms. The molecule has 106 valence electrons. The van der Waals surface area contributed by atoms with Crippen LogP contribution >= 0.6 is 11.6 Å².